The number of benzene rings is 3. The maximum Gasteiger partial charge on any atom is 0.251 e. The zero-order chi connectivity index (χ0) is 24.0. The number of likely N-dealkylation sites (tertiary alicyclic amines) is 1. The summed E-state index contributed by atoms with van der Waals surface area (Å²) in [7, 11) is -3.72. The van der Waals surface area contributed by atoms with Gasteiger partial charge in [0.05, 0.1) is 4.90 Å². The predicted octanol–water partition coefficient (Wildman–Crippen LogP) is 3.87. The molecule has 3 aromatic carbocycles. The Bertz CT molecular complexity index is 1220. The summed E-state index contributed by atoms with van der Waals surface area (Å²) in [4.78, 5) is 15.3. The van der Waals surface area contributed by atoms with Crippen LogP contribution >= 0.6 is 0 Å². The minimum absolute atomic E-state index is 0.0812. The molecular formula is C27H31N3O3S. The van der Waals surface area contributed by atoms with E-state index in [0.29, 0.717) is 5.56 Å². The van der Waals surface area contributed by atoms with Gasteiger partial charge in [0, 0.05) is 37.8 Å². The van der Waals surface area contributed by atoms with Gasteiger partial charge in [0.25, 0.3) is 5.91 Å². The number of sulfonamides is 1. The summed E-state index contributed by atoms with van der Waals surface area (Å²) >= 11 is 0. The molecule has 0 radical (unpaired) electrons. The number of hydrogen-bond acceptors (Lipinski definition) is 4. The van der Waals surface area contributed by atoms with E-state index in [1.807, 2.05) is 30.3 Å². The third kappa shape index (κ3) is 6.53. The van der Waals surface area contributed by atoms with E-state index in [9.17, 15) is 13.2 Å². The Morgan fingerprint density at radius 3 is 2.35 bits per heavy atom. The lowest BCUT2D eigenvalue weighted by Crippen LogP contribution is -2.44. The van der Waals surface area contributed by atoms with Crippen molar-refractivity contribution in [2.24, 2.45) is 0 Å². The Hall–Kier alpha value is -3.00. The number of nitrogens with one attached hydrogen (secondary N) is 2. The average molecular weight is 478 g/mol. The molecule has 1 aliphatic heterocycles. The number of nitrogens with zero attached hydrogens (tertiary/aromatic N) is 1. The summed E-state index contributed by atoms with van der Waals surface area (Å²) in [5, 5.41) is 3.08. The van der Waals surface area contributed by atoms with Crippen molar-refractivity contribution < 1.29 is 13.2 Å². The zero-order valence-corrected chi connectivity index (χ0v) is 20.2. The van der Waals surface area contributed by atoms with Crippen LogP contribution in [0.4, 0.5) is 0 Å². The zero-order valence-electron chi connectivity index (χ0n) is 19.4. The summed E-state index contributed by atoms with van der Waals surface area (Å²) in [5.74, 6) is -0.239. The van der Waals surface area contributed by atoms with Crippen molar-refractivity contribution in [1.29, 1.82) is 0 Å². The second-order valence-corrected chi connectivity index (χ2v) is 10.6. The molecule has 1 saturated heterocycles. The first-order valence-electron chi connectivity index (χ1n) is 11.6. The van der Waals surface area contributed by atoms with Gasteiger partial charge in [-0.2, -0.15) is 0 Å². The quantitative estimate of drug-likeness (QED) is 0.516. The Labute approximate surface area is 202 Å². The highest BCUT2D eigenvalue weighted by Crippen LogP contribution is 2.17. The molecule has 0 bridgehead atoms. The minimum atomic E-state index is -3.72. The van der Waals surface area contributed by atoms with Crippen LogP contribution in [-0.4, -0.2) is 38.4 Å². The number of aryl methyl sites for hydroxylation is 1. The predicted molar refractivity (Wildman–Crippen MR) is 134 cm³/mol. The number of rotatable bonds is 8. The third-order valence-corrected chi connectivity index (χ3v) is 7.53. The number of carbonyl (C=O) groups excluding carboxylic acids is 1. The highest BCUT2D eigenvalue weighted by Gasteiger charge is 2.22. The fraction of sp³-hybridized carbons (Fsp3) is 0.296. The Kier molecular flexibility index (Phi) is 7.77. The van der Waals surface area contributed by atoms with Crippen LogP contribution in [0.2, 0.25) is 0 Å². The highest BCUT2D eigenvalue weighted by atomic mass is 32.2. The molecule has 0 atom stereocenters. The van der Waals surface area contributed by atoms with Crippen molar-refractivity contribution in [2.45, 2.75) is 43.8 Å². The van der Waals surface area contributed by atoms with E-state index in [1.54, 1.807) is 12.1 Å². The molecular weight excluding hydrogens is 446 g/mol. The average Bonchev–Trinajstić information content (AvgIpc) is 2.85. The van der Waals surface area contributed by atoms with Gasteiger partial charge in [0.1, 0.15) is 0 Å². The van der Waals surface area contributed by atoms with Gasteiger partial charge in [0.2, 0.25) is 10.0 Å². The third-order valence-electron chi connectivity index (χ3n) is 6.13. The van der Waals surface area contributed by atoms with E-state index in [2.05, 4.69) is 46.1 Å². The molecule has 2 N–H and O–H groups in total. The van der Waals surface area contributed by atoms with E-state index < -0.39 is 10.0 Å². The van der Waals surface area contributed by atoms with Crippen molar-refractivity contribution in [3.63, 3.8) is 0 Å². The maximum atomic E-state index is 12.8. The molecule has 0 aliphatic carbocycles. The van der Waals surface area contributed by atoms with Crippen LogP contribution in [0, 0.1) is 6.92 Å². The molecule has 3 aromatic rings. The van der Waals surface area contributed by atoms with Crippen molar-refractivity contribution in [2.75, 3.05) is 13.1 Å². The van der Waals surface area contributed by atoms with E-state index in [0.717, 1.165) is 38.0 Å². The monoisotopic (exact) mass is 477 g/mol. The molecule has 1 aliphatic rings. The summed E-state index contributed by atoms with van der Waals surface area (Å²) in [6.07, 6.45) is 1.74. The van der Waals surface area contributed by atoms with Crippen molar-refractivity contribution in [3.05, 3.63) is 101 Å². The Morgan fingerprint density at radius 1 is 0.912 bits per heavy atom. The molecule has 6 nitrogen and oxygen atoms in total. The molecule has 0 saturated carbocycles. The van der Waals surface area contributed by atoms with Gasteiger partial charge in [-0.25, -0.2) is 13.1 Å². The van der Waals surface area contributed by atoms with Crippen LogP contribution in [-0.2, 0) is 23.1 Å². The van der Waals surface area contributed by atoms with Gasteiger partial charge < -0.3 is 5.32 Å². The van der Waals surface area contributed by atoms with Gasteiger partial charge >= 0.3 is 0 Å². The minimum Gasteiger partial charge on any atom is -0.349 e. The number of piperidine rings is 1. The fourth-order valence-electron chi connectivity index (χ4n) is 4.23. The van der Waals surface area contributed by atoms with Gasteiger partial charge in [0.15, 0.2) is 0 Å². The lowest BCUT2D eigenvalue weighted by molar-refractivity contribution is 0.0908. The van der Waals surface area contributed by atoms with Crippen LogP contribution in [0.5, 0.6) is 0 Å². The molecule has 0 spiro atoms. The van der Waals surface area contributed by atoms with Crippen molar-refractivity contribution in [3.8, 4) is 0 Å². The molecule has 1 amide bonds. The van der Waals surface area contributed by atoms with Gasteiger partial charge in [-0.15, -0.1) is 0 Å². The fourth-order valence-corrected chi connectivity index (χ4v) is 5.30. The number of amides is 1. The molecule has 34 heavy (non-hydrogen) atoms. The number of carbonyl (C=O) groups is 1. The van der Waals surface area contributed by atoms with Crippen LogP contribution in [0.1, 0.15) is 39.9 Å². The van der Waals surface area contributed by atoms with Crippen LogP contribution < -0.4 is 10.0 Å². The topological polar surface area (TPSA) is 78.5 Å². The van der Waals surface area contributed by atoms with E-state index >= 15 is 0 Å². The van der Waals surface area contributed by atoms with Crippen LogP contribution in [0.15, 0.2) is 83.8 Å². The maximum absolute atomic E-state index is 12.8. The molecule has 4 rings (SSSR count). The lowest BCUT2D eigenvalue weighted by atomic mass is 10.0. The van der Waals surface area contributed by atoms with Crippen molar-refractivity contribution in [1.82, 2.24) is 14.9 Å². The van der Waals surface area contributed by atoms with Gasteiger partial charge in [-0.05, 0) is 49.1 Å². The van der Waals surface area contributed by atoms with Gasteiger partial charge in [-0.1, -0.05) is 66.2 Å². The second-order valence-electron chi connectivity index (χ2n) is 8.85. The first-order valence-corrected chi connectivity index (χ1v) is 13.1. The molecule has 7 heteroatoms. The first-order chi connectivity index (χ1) is 16.4. The summed E-state index contributed by atoms with van der Waals surface area (Å²) < 4.78 is 28.1. The normalized spacial score (nSPS) is 15.2. The standard InChI is InChI=1S/C27H31N3O3S/c1-21-7-5-10-23(17-21)20-30-15-13-25(14-16-30)29-27(31)24-11-6-12-26(18-24)34(32,33)28-19-22-8-3-2-4-9-22/h2-12,17-18,25,28H,13-16,19-20H2,1H3,(H,29,31). The summed E-state index contributed by atoms with van der Waals surface area (Å²) in [6.45, 7) is 5.04. The van der Waals surface area contributed by atoms with E-state index in [1.165, 1.54) is 23.3 Å². The Morgan fingerprint density at radius 2 is 1.62 bits per heavy atom. The largest absolute Gasteiger partial charge is 0.349 e. The summed E-state index contributed by atoms with van der Waals surface area (Å²) in [5.41, 5.74) is 3.79. The van der Waals surface area contributed by atoms with Crippen LogP contribution in [0.25, 0.3) is 0 Å². The Balaban J connectivity index is 1.31. The van der Waals surface area contributed by atoms with Crippen molar-refractivity contribution >= 4 is 15.9 Å². The molecule has 1 heterocycles. The lowest BCUT2D eigenvalue weighted by Gasteiger charge is -2.32. The number of hydrogen-bond donors (Lipinski definition) is 2. The van der Waals surface area contributed by atoms with E-state index in [-0.39, 0.29) is 23.4 Å². The molecule has 0 aromatic heterocycles. The summed E-state index contributed by atoms with van der Waals surface area (Å²) in [6, 6.07) is 24.2. The SMILES string of the molecule is Cc1cccc(CN2CCC(NC(=O)c3cccc(S(=O)(=O)NCc4ccccc4)c3)CC2)c1. The first kappa shape index (κ1) is 24.1. The smallest absolute Gasteiger partial charge is 0.251 e. The second kappa shape index (κ2) is 11.0. The molecule has 1 fully saturated rings. The molecule has 0 unspecified atom stereocenters. The van der Waals surface area contributed by atoms with Gasteiger partial charge in [-0.3, -0.25) is 9.69 Å². The van der Waals surface area contributed by atoms with E-state index in [4.69, 9.17) is 0 Å². The molecule has 178 valence electrons. The highest BCUT2D eigenvalue weighted by molar-refractivity contribution is 7.89. The van der Waals surface area contributed by atoms with Crippen LogP contribution in [0.3, 0.4) is 0 Å².